The molecular formula is C43H40FN3O4S5. The molecule has 3 aliphatic heterocycles. The Kier molecular flexibility index (Phi) is 10.3. The lowest BCUT2D eigenvalue weighted by Gasteiger charge is -2.53. The molecule has 0 saturated carbocycles. The first-order valence-electron chi connectivity index (χ1n) is 18.1. The molecule has 5 aromatic carbocycles. The third-order valence-corrected chi connectivity index (χ3v) is 18.8. The average Bonchev–Trinajstić information content (AvgIpc) is 3.66. The van der Waals surface area contributed by atoms with Crippen LogP contribution in [-0.4, -0.2) is 53.0 Å². The summed E-state index contributed by atoms with van der Waals surface area (Å²) in [4.78, 5) is 31.7. The van der Waals surface area contributed by atoms with E-state index in [0.29, 0.717) is 17.2 Å². The van der Waals surface area contributed by atoms with Gasteiger partial charge in [0.25, 0.3) is 21.8 Å². The Morgan fingerprint density at radius 1 is 0.714 bits per heavy atom. The fourth-order valence-electron chi connectivity index (χ4n) is 8.06. The van der Waals surface area contributed by atoms with Crippen molar-refractivity contribution < 1.29 is 22.4 Å². The molecular weight excluding hydrogens is 802 g/mol. The van der Waals surface area contributed by atoms with Gasteiger partial charge in [-0.15, -0.1) is 0 Å². The Labute approximate surface area is 343 Å². The van der Waals surface area contributed by atoms with Gasteiger partial charge in [0.1, 0.15) is 12.0 Å². The molecule has 7 nitrogen and oxygen atoms in total. The van der Waals surface area contributed by atoms with Crippen LogP contribution in [0.4, 0.5) is 10.1 Å². The molecule has 0 radical (unpaired) electrons. The van der Waals surface area contributed by atoms with E-state index in [0.717, 1.165) is 33.4 Å². The molecule has 0 aliphatic carbocycles. The minimum Gasteiger partial charge on any atom is -0.319 e. The lowest BCUT2D eigenvalue weighted by molar-refractivity contribution is -0.163. The van der Waals surface area contributed by atoms with Gasteiger partial charge in [0, 0.05) is 25.0 Å². The van der Waals surface area contributed by atoms with E-state index >= 15 is 18.0 Å². The summed E-state index contributed by atoms with van der Waals surface area (Å²) >= 11 is 0. The molecule has 0 spiro atoms. The number of likely N-dealkylation sites (N-methyl/N-ethyl adjacent to an activating group) is 1. The number of aryl methyl sites for hydroxylation is 2. The molecule has 0 unspecified atom stereocenters. The van der Waals surface area contributed by atoms with Crippen molar-refractivity contribution in [3.8, 4) is 0 Å². The molecule has 3 aliphatic rings. The zero-order valence-electron chi connectivity index (χ0n) is 31.2. The van der Waals surface area contributed by atoms with Crippen LogP contribution < -0.4 is 4.31 Å². The van der Waals surface area contributed by atoms with Gasteiger partial charge in [-0.1, -0.05) is 151 Å². The molecule has 3 heterocycles. The topological polar surface area (TPSA) is 78.0 Å². The Morgan fingerprint density at radius 2 is 1.27 bits per heavy atom. The van der Waals surface area contributed by atoms with E-state index < -0.39 is 31.3 Å². The number of carbonyl (C=O) groups is 2. The molecule has 2 amide bonds. The van der Waals surface area contributed by atoms with E-state index in [-0.39, 0.29) is 28.9 Å². The molecule has 13 heteroatoms. The van der Waals surface area contributed by atoms with Crippen LogP contribution in [0.5, 0.6) is 0 Å². The highest BCUT2D eigenvalue weighted by molar-refractivity contribution is 8.77. The highest BCUT2D eigenvalue weighted by atomic mass is 33.1. The Hall–Kier alpha value is -3.88. The number of halogens is 1. The van der Waals surface area contributed by atoms with Crippen LogP contribution in [0.1, 0.15) is 46.7 Å². The normalized spacial score (nSPS) is 24.3. The maximum Gasteiger partial charge on any atom is 0.266 e. The van der Waals surface area contributed by atoms with Gasteiger partial charge >= 0.3 is 0 Å². The maximum absolute atomic E-state index is 15.8. The minimum absolute atomic E-state index is 0.0871. The van der Waals surface area contributed by atoms with Crippen molar-refractivity contribution in [1.82, 2.24) is 9.80 Å². The largest absolute Gasteiger partial charge is 0.319 e. The molecule has 8 rings (SSSR count). The quantitative estimate of drug-likeness (QED) is 0.122. The second-order valence-electron chi connectivity index (χ2n) is 14.6. The predicted octanol–water partition coefficient (Wildman–Crippen LogP) is 9.54. The van der Waals surface area contributed by atoms with Crippen molar-refractivity contribution in [2.45, 2.75) is 64.9 Å². The van der Waals surface area contributed by atoms with Gasteiger partial charge in [0.15, 0.2) is 9.74 Å². The van der Waals surface area contributed by atoms with E-state index in [1.807, 2.05) is 68.4 Å². The van der Waals surface area contributed by atoms with Gasteiger partial charge in [-0.3, -0.25) is 14.5 Å². The van der Waals surface area contributed by atoms with Crippen LogP contribution in [0.25, 0.3) is 0 Å². The number of hydrogen-bond donors (Lipinski definition) is 0. The van der Waals surface area contributed by atoms with Gasteiger partial charge in [-0.05, 0) is 73.4 Å². The first-order valence-corrected chi connectivity index (χ1v) is 24.2. The van der Waals surface area contributed by atoms with Crippen LogP contribution >= 0.6 is 43.2 Å². The Morgan fingerprint density at radius 3 is 1.91 bits per heavy atom. The summed E-state index contributed by atoms with van der Waals surface area (Å²) in [5, 5.41) is 0. The number of fused-ring (bicyclic) bond motifs is 5. The van der Waals surface area contributed by atoms with Gasteiger partial charge in [0.2, 0.25) is 0 Å². The van der Waals surface area contributed by atoms with Crippen LogP contribution in [-0.2, 0) is 36.5 Å². The summed E-state index contributed by atoms with van der Waals surface area (Å²) < 4.78 is 45.6. The molecule has 2 fully saturated rings. The second kappa shape index (κ2) is 14.8. The number of amides is 2. The van der Waals surface area contributed by atoms with E-state index in [9.17, 15) is 4.39 Å². The molecule has 56 heavy (non-hydrogen) atoms. The monoisotopic (exact) mass is 841 g/mol. The number of sulfonamides is 1. The standard InChI is InChI=1S/C43H40FN3O4S5/c1-29-14-18-31(19-15-29)26-52-54-41(3)39(48)46-38-42(33-22-16-30(2)17-23-33,28-43(46,40(49)45(41)4)55-53-27-32-20-24-34(44)25-21-32)36-12-8-9-13-37(36)47(38)56(50,51)35-10-6-5-7-11-35/h5-25,38H,26-28H2,1-4H3/t38-,41-,42-,43-/m0/s1. The molecule has 288 valence electrons. The average molecular weight is 842 g/mol. The summed E-state index contributed by atoms with van der Waals surface area (Å²) in [6.45, 7) is 5.80. The SMILES string of the molecule is Cc1ccc(CSS[C@@]2(C)C(=O)N3[C@H]4N(S(=O)(=O)c5ccccc5)c5ccccc5[C@@]4(c4ccc(C)cc4)C[C@]3(SSCc3ccc(F)cc3)C(=O)N2C)cc1. The van der Waals surface area contributed by atoms with Gasteiger partial charge < -0.3 is 4.90 Å². The van der Waals surface area contributed by atoms with Crippen LogP contribution in [0.3, 0.4) is 0 Å². The first kappa shape index (κ1) is 39.0. The van der Waals surface area contributed by atoms with Gasteiger partial charge in [-0.25, -0.2) is 17.1 Å². The van der Waals surface area contributed by atoms with Crippen molar-refractivity contribution in [3.05, 3.63) is 167 Å². The lowest BCUT2D eigenvalue weighted by atomic mass is 9.72. The van der Waals surface area contributed by atoms with Gasteiger partial charge in [-0.2, -0.15) is 0 Å². The summed E-state index contributed by atoms with van der Waals surface area (Å²) in [6, 6.07) is 38.2. The van der Waals surface area contributed by atoms with Crippen molar-refractivity contribution in [1.29, 1.82) is 0 Å². The summed E-state index contributed by atoms with van der Waals surface area (Å²) in [6.07, 6.45) is -1.00. The number of hydrogen-bond acceptors (Lipinski definition) is 8. The number of piperazine rings is 1. The molecule has 2 saturated heterocycles. The lowest BCUT2D eigenvalue weighted by Crippen LogP contribution is -2.73. The third kappa shape index (κ3) is 6.25. The van der Waals surface area contributed by atoms with Crippen molar-refractivity contribution >= 4 is 70.7 Å². The number of carbonyl (C=O) groups excluding carboxylic acids is 2. The van der Waals surface area contributed by atoms with E-state index in [1.165, 1.54) is 59.6 Å². The molecule has 0 bridgehead atoms. The molecule has 0 N–H and O–H groups in total. The molecule has 4 atom stereocenters. The highest BCUT2D eigenvalue weighted by Crippen LogP contribution is 2.67. The fourth-order valence-corrected chi connectivity index (χ4v) is 15.7. The van der Waals surface area contributed by atoms with E-state index in [1.54, 1.807) is 72.3 Å². The van der Waals surface area contributed by atoms with Crippen molar-refractivity contribution in [2.24, 2.45) is 0 Å². The number of benzene rings is 5. The van der Waals surface area contributed by atoms with Crippen molar-refractivity contribution in [3.63, 3.8) is 0 Å². The molecule has 5 aromatic rings. The number of rotatable bonds is 11. The minimum atomic E-state index is -4.30. The van der Waals surface area contributed by atoms with Crippen LogP contribution in [0.2, 0.25) is 0 Å². The summed E-state index contributed by atoms with van der Waals surface area (Å²) in [7, 11) is 2.88. The number of nitrogens with zero attached hydrogens (tertiary/aromatic N) is 3. The van der Waals surface area contributed by atoms with Gasteiger partial charge in [0.05, 0.1) is 16.0 Å². The van der Waals surface area contributed by atoms with Crippen LogP contribution in [0.15, 0.2) is 132 Å². The smallest absolute Gasteiger partial charge is 0.266 e. The first-order chi connectivity index (χ1) is 26.8. The Bertz CT molecular complexity index is 2400. The maximum atomic E-state index is 15.8. The molecule has 0 aromatic heterocycles. The second-order valence-corrected chi connectivity index (χ2v) is 21.7. The number of para-hydroxylation sites is 1. The highest BCUT2D eigenvalue weighted by Gasteiger charge is 2.76. The van der Waals surface area contributed by atoms with E-state index in [4.69, 9.17) is 0 Å². The predicted molar refractivity (Wildman–Crippen MR) is 229 cm³/mol. The summed E-state index contributed by atoms with van der Waals surface area (Å²) in [5.74, 6) is 0.0467. The number of anilines is 1. The third-order valence-electron chi connectivity index (χ3n) is 11.1. The Balaban J connectivity index is 1.31. The zero-order chi connectivity index (χ0) is 39.5. The van der Waals surface area contributed by atoms with Crippen molar-refractivity contribution in [2.75, 3.05) is 11.4 Å². The summed E-state index contributed by atoms with van der Waals surface area (Å²) in [5.41, 5.74) is 5.01. The zero-order valence-corrected chi connectivity index (χ0v) is 35.3. The fraction of sp³-hybridized carbons (Fsp3) is 0.256. The van der Waals surface area contributed by atoms with E-state index in [2.05, 4.69) is 12.1 Å². The van der Waals surface area contributed by atoms with Crippen LogP contribution in [0, 0.1) is 19.7 Å².